The molecule has 0 saturated carbocycles. The molecule has 2 rings (SSSR count). The van der Waals surface area contributed by atoms with Gasteiger partial charge in [0.1, 0.15) is 0 Å². The molecule has 0 saturated heterocycles. The van der Waals surface area contributed by atoms with Crippen molar-refractivity contribution in [3.63, 3.8) is 0 Å². The lowest BCUT2D eigenvalue weighted by Crippen LogP contribution is -2.31. The topological polar surface area (TPSA) is 124 Å². The Morgan fingerprint density at radius 2 is 2.26 bits per heavy atom. The van der Waals surface area contributed by atoms with Crippen molar-refractivity contribution in [3.05, 3.63) is 39.6 Å². The van der Waals surface area contributed by atoms with Crippen LogP contribution in [0.25, 0.3) is 0 Å². The molecule has 2 aromatic rings. The van der Waals surface area contributed by atoms with Crippen LogP contribution in [0.4, 0.5) is 0 Å². The number of aromatic nitrogens is 5. The predicted molar refractivity (Wildman–Crippen MR) is 65.8 cm³/mol. The quantitative estimate of drug-likeness (QED) is 0.311. The van der Waals surface area contributed by atoms with E-state index in [4.69, 9.17) is 10.9 Å². The van der Waals surface area contributed by atoms with Crippen molar-refractivity contribution >= 4 is 5.84 Å². The molecule has 0 bridgehead atoms. The summed E-state index contributed by atoms with van der Waals surface area (Å²) in [7, 11) is 1.64. The SMILES string of the molecule is Cc1ccc(/C(N)=N/O)c(=O)n1Cc1nnn(C)n1. The highest BCUT2D eigenvalue weighted by Gasteiger charge is 2.12. The number of aryl methyl sites for hydroxylation is 2. The molecule has 0 unspecified atom stereocenters. The first-order valence-corrected chi connectivity index (χ1v) is 5.44. The van der Waals surface area contributed by atoms with E-state index in [0.29, 0.717) is 11.5 Å². The number of pyridine rings is 1. The number of amidine groups is 1. The smallest absolute Gasteiger partial charge is 0.262 e. The lowest BCUT2D eigenvalue weighted by atomic mass is 10.2. The van der Waals surface area contributed by atoms with Crippen molar-refractivity contribution < 1.29 is 5.21 Å². The van der Waals surface area contributed by atoms with Crippen LogP contribution in [0.15, 0.2) is 22.1 Å². The van der Waals surface area contributed by atoms with Crippen LogP contribution in [0, 0.1) is 6.92 Å². The van der Waals surface area contributed by atoms with Crippen molar-refractivity contribution in [2.24, 2.45) is 17.9 Å². The molecule has 0 aliphatic carbocycles. The van der Waals surface area contributed by atoms with E-state index in [1.165, 1.54) is 15.4 Å². The van der Waals surface area contributed by atoms with Gasteiger partial charge in [-0.2, -0.15) is 4.80 Å². The highest BCUT2D eigenvalue weighted by molar-refractivity contribution is 5.96. The van der Waals surface area contributed by atoms with Crippen LogP contribution < -0.4 is 11.3 Å². The highest BCUT2D eigenvalue weighted by Crippen LogP contribution is 2.01. The summed E-state index contributed by atoms with van der Waals surface area (Å²) in [5, 5.41) is 23.0. The van der Waals surface area contributed by atoms with Gasteiger partial charge in [-0.3, -0.25) is 4.79 Å². The Bertz CT molecular complexity index is 685. The van der Waals surface area contributed by atoms with Crippen molar-refractivity contribution in [1.82, 2.24) is 24.8 Å². The van der Waals surface area contributed by atoms with Crippen molar-refractivity contribution in [1.29, 1.82) is 0 Å². The minimum atomic E-state index is -0.372. The van der Waals surface area contributed by atoms with Crippen LogP contribution in [0.3, 0.4) is 0 Å². The first-order chi connectivity index (χ1) is 9.02. The van der Waals surface area contributed by atoms with Gasteiger partial charge < -0.3 is 15.5 Å². The number of hydrogen-bond acceptors (Lipinski definition) is 6. The van der Waals surface area contributed by atoms with Gasteiger partial charge in [0.05, 0.1) is 19.2 Å². The van der Waals surface area contributed by atoms with Gasteiger partial charge in [0.2, 0.25) is 0 Å². The van der Waals surface area contributed by atoms with Crippen molar-refractivity contribution in [2.45, 2.75) is 13.5 Å². The van der Waals surface area contributed by atoms with E-state index in [1.54, 1.807) is 20.0 Å². The maximum Gasteiger partial charge on any atom is 0.262 e. The molecule has 19 heavy (non-hydrogen) atoms. The molecule has 2 aromatic heterocycles. The summed E-state index contributed by atoms with van der Waals surface area (Å²) in [6.45, 7) is 1.94. The molecule has 2 heterocycles. The molecule has 3 N–H and O–H groups in total. The summed E-state index contributed by atoms with van der Waals surface area (Å²) in [6.07, 6.45) is 0. The Morgan fingerprint density at radius 3 is 2.84 bits per heavy atom. The van der Waals surface area contributed by atoms with Gasteiger partial charge in [0.25, 0.3) is 5.56 Å². The Labute approximate surface area is 108 Å². The summed E-state index contributed by atoms with van der Waals surface area (Å²) >= 11 is 0. The number of nitrogens with two attached hydrogens (primary N) is 1. The van der Waals surface area contributed by atoms with E-state index in [2.05, 4.69) is 20.6 Å². The average Bonchev–Trinajstić information content (AvgIpc) is 2.79. The molecule has 0 aliphatic rings. The zero-order valence-electron chi connectivity index (χ0n) is 10.5. The van der Waals surface area contributed by atoms with E-state index in [0.717, 1.165) is 0 Å². The zero-order valence-corrected chi connectivity index (χ0v) is 10.5. The van der Waals surface area contributed by atoms with Crippen LogP contribution in [-0.2, 0) is 13.6 Å². The fourth-order valence-electron chi connectivity index (χ4n) is 1.64. The number of oxime groups is 1. The Hall–Kier alpha value is -2.71. The van der Waals surface area contributed by atoms with E-state index in [1.807, 2.05) is 0 Å². The van der Waals surface area contributed by atoms with E-state index in [9.17, 15) is 4.79 Å². The average molecular weight is 263 g/mol. The molecule has 0 amide bonds. The minimum absolute atomic E-state index is 0.122. The Balaban J connectivity index is 2.48. The van der Waals surface area contributed by atoms with E-state index in [-0.39, 0.29) is 23.5 Å². The second-order valence-electron chi connectivity index (χ2n) is 3.96. The molecular formula is C10H13N7O2. The van der Waals surface area contributed by atoms with Crippen molar-refractivity contribution in [2.75, 3.05) is 0 Å². The first kappa shape index (κ1) is 12.7. The highest BCUT2D eigenvalue weighted by atomic mass is 16.4. The molecule has 9 nitrogen and oxygen atoms in total. The normalized spacial score (nSPS) is 11.8. The third-order valence-corrected chi connectivity index (χ3v) is 2.63. The molecule has 0 fully saturated rings. The molecule has 100 valence electrons. The van der Waals surface area contributed by atoms with Crippen LogP contribution in [-0.4, -0.2) is 35.8 Å². The minimum Gasteiger partial charge on any atom is -0.409 e. The maximum absolute atomic E-state index is 12.2. The number of rotatable bonds is 3. The molecule has 0 aliphatic heterocycles. The monoisotopic (exact) mass is 263 g/mol. The lowest BCUT2D eigenvalue weighted by Gasteiger charge is -2.09. The van der Waals surface area contributed by atoms with Crippen molar-refractivity contribution in [3.8, 4) is 0 Å². The summed E-state index contributed by atoms with van der Waals surface area (Å²) in [5.74, 6) is 0.176. The standard InChI is InChI=1S/C10H13N7O2/c1-6-3-4-7(9(11)14-19)10(18)17(6)5-8-12-15-16(2)13-8/h3-4,19H,5H2,1-2H3,(H2,11,14). The van der Waals surface area contributed by atoms with Crippen LogP contribution >= 0.6 is 0 Å². The molecule has 0 atom stereocenters. The first-order valence-electron chi connectivity index (χ1n) is 5.44. The summed E-state index contributed by atoms with van der Waals surface area (Å²) in [6, 6.07) is 3.21. The van der Waals surface area contributed by atoms with E-state index < -0.39 is 0 Å². The largest absolute Gasteiger partial charge is 0.409 e. The number of hydrogen-bond donors (Lipinski definition) is 2. The van der Waals surface area contributed by atoms with Gasteiger partial charge in [-0.25, -0.2) is 0 Å². The molecule has 0 aromatic carbocycles. The summed E-state index contributed by atoms with van der Waals surface area (Å²) < 4.78 is 1.43. The van der Waals surface area contributed by atoms with Crippen LogP contribution in [0.1, 0.15) is 17.1 Å². The van der Waals surface area contributed by atoms with Crippen LogP contribution in [0.2, 0.25) is 0 Å². The second-order valence-corrected chi connectivity index (χ2v) is 3.96. The third-order valence-electron chi connectivity index (χ3n) is 2.63. The number of tetrazole rings is 1. The lowest BCUT2D eigenvalue weighted by molar-refractivity contribution is 0.318. The fourth-order valence-corrected chi connectivity index (χ4v) is 1.64. The predicted octanol–water partition coefficient (Wildman–Crippen LogP) is -1.18. The molecule has 0 radical (unpaired) electrons. The zero-order chi connectivity index (χ0) is 14.0. The van der Waals surface area contributed by atoms with Gasteiger partial charge in [0.15, 0.2) is 11.7 Å². The van der Waals surface area contributed by atoms with E-state index >= 15 is 0 Å². The van der Waals surface area contributed by atoms with Gasteiger partial charge in [-0.1, -0.05) is 5.16 Å². The van der Waals surface area contributed by atoms with Gasteiger partial charge in [-0.15, -0.1) is 10.2 Å². The van der Waals surface area contributed by atoms with Gasteiger partial charge in [0, 0.05) is 5.69 Å². The summed E-state index contributed by atoms with van der Waals surface area (Å²) in [4.78, 5) is 13.5. The Morgan fingerprint density at radius 1 is 1.53 bits per heavy atom. The second kappa shape index (κ2) is 4.88. The molecule has 0 spiro atoms. The number of nitrogens with zero attached hydrogens (tertiary/aromatic N) is 6. The van der Waals surface area contributed by atoms with Crippen LogP contribution in [0.5, 0.6) is 0 Å². The fraction of sp³-hybridized carbons (Fsp3) is 0.300. The van der Waals surface area contributed by atoms with Gasteiger partial charge >= 0.3 is 0 Å². The molecule has 9 heteroatoms. The summed E-state index contributed by atoms with van der Waals surface area (Å²) in [5.41, 5.74) is 5.92. The third kappa shape index (κ3) is 2.44. The Kier molecular flexibility index (Phi) is 3.27. The molecular weight excluding hydrogens is 250 g/mol. The maximum atomic E-state index is 12.2. The van der Waals surface area contributed by atoms with Gasteiger partial charge in [-0.05, 0) is 24.3 Å².